The lowest BCUT2D eigenvalue weighted by Gasteiger charge is -2.08. The van der Waals surface area contributed by atoms with Crippen LogP contribution in [0.1, 0.15) is 17.2 Å². The third kappa shape index (κ3) is 1.21. The fraction of sp³-hybridized carbons (Fsp3) is 0.300. The largest absolute Gasteiger partial charge is 0.481 e. The molecule has 0 aromatic heterocycles. The molecule has 2 rings (SSSR count). The first-order valence-electron chi connectivity index (χ1n) is 4.19. The number of aliphatic carboxylic acids is 1. The molecule has 0 bridgehead atoms. The van der Waals surface area contributed by atoms with E-state index in [4.69, 9.17) is 5.11 Å². The van der Waals surface area contributed by atoms with Crippen LogP contribution in [-0.2, 0) is 11.2 Å². The average Bonchev–Trinajstić information content (AvgIpc) is 2.45. The molecule has 2 N–H and O–H groups in total. The summed E-state index contributed by atoms with van der Waals surface area (Å²) in [6, 6.07) is 7.31. The molecule has 0 amide bonds. The lowest BCUT2D eigenvalue weighted by Crippen LogP contribution is -2.17. The van der Waals surface area contributed by atoms with Gasteiger partial charge in [-0.2, -0.15) is 0 Å². The van der Waals surface area contributed by atoms with E-state index >= 15 is 0 Å². The number of hydrogen-bond donors (Lipinski definition) is 2. The Hall–Kier alpha value is -1.35. The monoisotopic (exact) mass is 178 g/mol. The molecule has 13 heavy (non-hydrogen) atoms. The van der Waals surface area contributed by atoms with Crippen molar-refractivity contribution >= 4 is 5.97 Å². The molecule has 0 radical (unpaired) electrons. The molecule has 1 aromatic rings. The molecule has 0 aliphatic heterocycles. The van der Waals surface area contributed by atoms with Crippen LogP contribution in [0.2, 0.25) is 0 Å². The maximum absolute atomic E-state index is 10.7. The minimum atomic E-state index is -0.927. The van der Waals surface area contributed by atoms with Gasteiger partial charge in [0.1, 0.15) is 0 Å². The van der Waals surface area contributed by atoms with Crippen molar-refractivity contribution in [2.75, 3.05) is 0 Å². The second-order valence-corrected chi connectivity index (χ2v) is 3.29. The summed E-state index contributed by atoms with van der Waals surface area (Å²) in [5, 5.41) is 18.4. The normalized spacial score (nSPS) is 25.6. The van der Waals surface area contributed by atoms with Crippen LogP contribution in [0.25, 0.3) is 0 Å². The van der Waals surface area contributed by atoms with Crippen molar-refractivity contribution < 1.29 is 15.0 Å². The summed E-state index contributed by atoms with van der Waals surface area (Å²) >= 11 is 0. The molecule has 0 saturated carbocycles. The molecule has 68 valence electrons. The zero-order valence-corrected chi connectivity index (χ0v) is 6.97. The predicted molar refractivity (Wildman–Crippen MR) is 46.2 cm³/mol. The molecule has 1 aliphatic carbocycles. The van der Waals surface area contributed by atoms with Crippen molar-refractivity contribution in [2.24, 2.45) is 5.92 Å². The Bertz CT molecular complexity index is 346. The number of hydrogen-bond acceptors (Lipinski definition) is 2. The van der Waals surface area contributed by atoms with Gasteiger partial charge in [-0.25, -0.2) is 0 Å². The van der Waals surface area contributed by atoms with E-state index < -0.39 is 18.0 Å². The van der Waals surface area contributed by atoms with Gasteiger partial charge >= 0.3 is 5.97 Å². The molecule has 3 nitrogen and oxygen atoms in total. The van der Waals surface area contributed by atoms with Crippen molar-refractivity contribution in [1.29, 1.82) is 0 Å². The minimum absolute atomic E-state index is 0.437. The van der Waals surface area contributed by atoms with Gasteiger partial charge in [0.05, 0.1) is 12.0 Å². The molecule has 2 atom stereocenters. The van der Waals surface area contributed by atoms with Crippen molar-refractivity contribution in [3.63, 3.8) is 0 Å². The van der Waals surface area contributed by atoms with Gasteiger partial charge in [0.15, 0.2) is 0 Å². The van der Waals surface area contributed by atoms with Crippen molar-refractivity contribution in [3.8, 4) is 0 Å². The van der Waals surface area contributed by atoms with E-state index in [1.54, 1.807) is 6.07 Å². The number of carboxylic acid groups (broad SMARTS) is 1. The van der Waals surface area contributed by atoms with Gasteiger partial charge in [-0.15, -0.1) is 0 Å². The number of fused-ring (bicyclic) bond motifs is 1. The average molecular weight is 178 g/mol. The maximum atomic E-state index is 10.7. The molecule has 0 saturated heterocycles. The number of benzene rings is 1. The second kappa shape index (κ2) is 2.85. The Labute approximate surface area is 75.6 Å². The summed E-state index contributed by atoms with van der Waals surface area (Å²) in [6.45, 7) is 0. The standard InChI is InChI=1S/C10H10O3/c11-9-7-4-2-1-3-6(7)5-8(9)10(12)13/h1-4,8-9,11H,5H2,(H,12,13). The van der Waals surface area contributed by atoms with Gasteiger partial charge in [-0.05, 0) is 17.5 Å². The van der Waals surface area contributed by atoms with Crippen LogP contribution in [-0.4, -0.2) is 16.2 Å². The van der Waals surface area contributed by atoms with Gasteiger partial charge in [-0.3, -0.25) is 4.79 Å². The van der Waals surface area contributed by atoms with Gasteiger partial charge in [0, 0.05) is 0 Å². The highest BCUT2D eigenvalue weighted by Gasteiger charge is 2.35. The molecule has 2 unspecified atom stereocenters. The SMILES string of the molecule is O=C(O)C1Cc2ccccc2C1O. The van der Waals surface area contributed by atoms with Crippen molar-refractivity contribution in [1.82, 2.24) is 0 Å². The number of carbonyl (C=O) groups is 1. The van der Waals surface area contributed by atoms with Crippen LogP contribution in [0.5, 0.6) is 0 Å². The molecule has 3 heteroatoms. The summed E-state index contributed by atoms with van der Waals surface area (Å²) in [7, 11) is 0. The first-order chi connectivity index (χ1) is 6.20. The van der Waals surface area contributed by atoms with Crippen LogP contribution in [0.4, 0.5) is 0 Å². The van der Waals surface area contributed by atoms with Gasteiger partial charge < -0.3 is 10.2 Å². The van der Waals surface area contributed by atoms with Crippen LogP contribution >= 0.6 is 0 Å². The fourth-order valence-corrected chi connectivity index (χ4v) is 1.80. The van der Waals surface area contributed by atoms with Crippen LogP contribution in [0.3, 0.4) is 0 Å². The maximum Gasteiger partial charge on any atom is 0.309 e. The lowest BCUT2D eigenvalue weighted by molar-refractivity contribution is -0.145. The highest BCUT2D eigenvalue weighted by molar-refractivity contribution is 5.73. The Morgan fingerprint density at radius 1 is 1.38 bits per heavy atom. The quantitative estimate of drug-likeness (QED) is 0.673. The molecule has 0 fully saturated rings. The van der Waals surface area contributed by atoms with E-state index in [1.165, 1.54) is 0 Å². The summed E-state index contributed by atoms with van der Waals surface area (Å²) < 4.78 is 0. The van der Waals surface area contributed by atoms with Crippen molar-refractivity contribution in [3.05, 3.63) is 35.4 Å². The van der Waals surface area contributed by atoms with Gasteiger partial charge in [0.25, 0.3) is 0 Å². The predicted octanol–water partition coefficient (Wildman–Crippen LogP) is 0.977. The zero-order valence-electron chi connectivity index (χ0n) is 6.97. The number of aliphatic hydroxyl groups is 1. The van der Waals surface area contributed by atoms with Gasteiger partial charge in [0.2, 0.25) is 0 Å². The molecular weight excluding hydrogens is 168 g/mol. The Morgan fingerprint density at radius 3 is 2.69 bits per heavy atom. The Kier molecular flexibility index (Phi) is 1.81. The first-order valence-corrected chi connectivity index (χ1v) is 4.19. The zero-order chi connectivity index (χ0) is 9.42. The molecule has 0 heterocycles. The van der Waals surface area contributed by atoms with Gasteiger partial charge in [-0.1, -0.05) is 24.3 Å². The Morgan fingerprint density at radius 2 is 2.08 bits per heavy atom. The highest BCUT2D eigenvalue weighted by atomic mass is 16.4. The fourth-order valence-electron chi connectivity index (χ4n) is 1.80. The second-order valence-electron chi connectivity index (χ2n) is 3.29. The summed E-state index contributed by atoms with van der Waals surface area (Å²) in [4.78, 5) is 10.7. The van der Waals surface area contributed by atoms with E-state index in [0.29, 0.717) is 6.42 Å². The third-order valence-electron chi connectivity index (χ3n) is 2.51. The molecule has 1 aliphatic rings. The molecule has 1 aromatic carbocycles. The minimum Gasteiger partial charge on any atom is -0.481 e. The van der Waals surface area contributed by atoms with Crippen LogP contribution < -0.4 is 0 Å². The highest BCUT2D eigenvalue weighted by Crippen LogP contribution is 2.35. The van der Waals surface area contributed by atoms with E-state index in [1.807, 2.05) is 18.2 Å². The number of carboxylic acids is 1. The lowest BCUT2D eigenvalue weighted by atomic mass is 10.0. The molecular formula is C10H10O3. The number of rotatable bonds is 1. The summed E-state index contributed by atoms with van der Waals surface area (Å²) in [6.07, 6.45) is -0.402. The van der Waals surface area contributed by atoms with Crippen LogP contribution in [0.15, 0.2) is 24.3 Å². The van der Waals surface area contributed by atoms with E-state index in [9.17, 15) is 9.90 Å². The van der Waals surface area contributed by atoms with E-state index in [2.05, 4.69) is 0 Å². The molecule has 0 spiro atoms. The summed E-state index contributed by atoms with van der Waals surface area (Å²) in [5.74, 6) is -1.60. The first kappa shape index (κ1) is 8.26. The van der Waals surface area contributed by atoms with Crippen LogP contribution in [0, 0.1) is 5.92 Å². The van der Waals surface area contributed by atoms with Crippen molar-refractivity contribution in [2.45, 2.75) is 12.5 Å². The third-order valence-corrected chi connectivity index (χ3v) is 2.51. The smallest absolute Gasteiger partial charge is 0.309 e. The van der Waals surface area contributed by atoms with E-state index in [0.717, 1.165) is 11.1 Å². The topological polar surface area (TPSA) is 57.5 Å². The van der Waals surface area contributed by atoms with E-state index in [-0.39, 0.29) is 0 Å². The Balaban J connectivity index is 2.38. The summed E-state index contributed by atoms with van der Waals surface area (Å²) in [5.41, 5.74) is 1.71. The number of aliphatic hydroxyl groups excluding tert-OH is 1.